The summed E-state index contributed by atoms with van der Waals surface area (Å²) in [7, 11) is 3.06. The molecule has 0 fully saturated rings. The highest BCUT2D eigenvalue weighted by molar-refractivity contribution is 6.03. The first kappa shape index (κ1) is 28.0. The van der Waals surface area contributed by atoms with E-state index in [2.05, 4.69) is 15.2 Å². The Morgan fingerprint density at radius 2 is 1.84 bits per heavy atom. The van der Waals surface area contributed by atoms with Gasteiger partial charge in [-0.25, -0.2) is 0 Å². The summed E-state index contributed by atoms with van der Waals surface area (Å²) in [6, 6.07) is 8.36. The van der Waals surface area contributed by atoms with Crippen LogP contribution >= 0.6 is 0 Å². The lowest BCUT2D eigenvalue weighted by molar-refractivity contribution is -0.274. The number of ketones is 1. The summed E-state index contributed by atoms with van der Waals surface area (Å²) in [6.07, 6.45) is -1.33. The monoisotopic (exact) mass is 521 g/mol. The molecule has 200 valence electrons. The third kappa shape index (κ3) is 7.69. The second-order valence-corrected chi connectivity index (χ2v) is 8.49. The maximum Gasteiger partial charge on any atom is 0.573 e. The maximum atomic E-state index is 12.6. The van der Waals surface area contributed by atoms with Crippen molar-refractivity contribution in [3.63, 3.8) is 0 Å². The van der Waals surface area contributed by atoms with Crippen LogP contribution in [0.5, 0.6) is 11.5 Å². The van der Waals surface area contributed by atoms with E-state index in [0.717, 1.165) is 18.6 Å². The molecule has 3 aromatic rings. The fraction of sp³-hybridized carbons (Fsp3) is 0.423. The van der Waals surface area contributed by atoms with Crippen molar-refractivity contribution < 1.29 is 37.0 Å². The number of amides is 1. The van der Waals surface area contributed by atoms with E-state index in [1.54, 1.807) is 23.9 Å². The van der Waals surface area contributed by atoms with Crippen molar-refractivity contribution in [2.75, 3.05) is 27.4 Å². The average Bonchev–Trinajstić information content (AvgIpc) is 3.27. The van der Waals surface area contributed by atoms with E-state index < -0.39 is 6.36 Å². The minimum atomic E-state index is -4.78. The van der Waals surface area contributed by atoms with Crippen molar-refractivity contribution in [3.05, 3.63) is 53.7 Å². The fourth-order valence-electron chi connectivity index (χ4n) is 3.98. The molecule has 3 rings (SSSR count). The van der Waals surface area contributed by atoms with Gasteiger partial charge in [0.15, 0.2) is 5.78 Å². The minimum absolute atomic E-state index is 0.133. The number of benzene rings is 2. The lowest BCUT2D eigenvalue weighted by Crippen LogP contribution is -2.27. The predicted octanol–water partition coefficient (Wildman–Crippen LogP) is 5.01. The van der Waals surface area contributed by atoms with E-state index in [-0.39, 0.29) is 29.8 Å². The van der Waals surface area contributed by atoms with Gasteiger partial charge in [0.25, 0.3) is 5.91 Å². The minimum Gasteiger partial charge on any atom is -0.495 e. The molecule has 0 saturated carbocycles. The predicted molar refractivity (Wildman–Crippen MR) is 131 cm³/mol. The molecule has 8 nitrogen and oxygen atoms in total. The first-order chi connectivity index (χ1) is 17.6. The molecule has 0 aliphatic carbocycles. The number of halogens is 3. The molecule has 11 heteroatoms. The Hall–Kier alpha value is -3.60. The van der Waals surface area contributed by atoms with Crippen LogP contribution in [0.2, 0.25) is 0 Å². The van der Waals surface area contributed by atoms with Gasteiger partial charge in [0.1, 0.15) is 11.5 Å². The number of fused-ring (bicyclic) bond motifs is 1. The van der Waals surface area contributed by atoms with Gasteiger partial charge in [-0.05, 0) is 48.7 Å². The fourth-order valence-corrected chi connectivity index (χ4v) is 3.98. The number of aromatic nitrogens is 2. The molecule has 1 heterocycles. The van der Waals surface area contributed by atoms with Gasteiger partial charge in [-0.15, -0.1) is 13.2 Å². The SMILES string of the molecule is CCC(CCC(=O)c1ccc(OC(F)(F)F)cc1)Cn1cc2c(OC)c(C(=O)NCCOC)ccc2n1. The van der Waals surface area contributed by atoms with E-state index in [9.17, 15) is 22.8 Å². The molecule has 0 saturated heterocycles. The molecule has 0 radical (unpaired) electrons. The van der Waals surface area contributed by atoms with Crippen molar-refractivity contribution in [2.24, 2.45) is 5.92 Å². The normalized spacial score (nSPS) is 12.4. The van der Waals surface area contributed by atoms with E-state index in [1.165, 1.54) is 19.2 Å². The highest BCUT2D eigenvalue weighted by Crippen LogP contribution is 2.30. The van der Waals surface area contributed by atoms with Crippen LogP contribution in [0, 0.1) is 5.92 Å². The molecule has 0 aliphatic heterocycles. The number of nitrogens with one attached hydrogen (secondary N) is 1. The zero-order valence-electron chi connectivity index (χ0n) is 20.9. The van der Waals surface area contributed by atoms with Crippen LogP contribution in [0.25, 0.3) is 10.9 Å². The van der Waals surface area contributed by atoms with Crippen LogP contribution in [0.4, 0.5) is 13.2 Å². The number of Topliss-reactive ketones (excluding diaryl/α,β-unsaturated/α-hetero) is 1. The molecule has 1 aromatic heterocycles. The molecule has 0 spiro atoms. The zero-order valence-corrected chi connectivity index (χ0v) is 20.9. The number of carbonyl (C=O) groups is 2. The van der Waals surface area contributed by atoms with Crippen molar-refractivity contribution in [1.29, 1.82) is 0 Å². The van der Waals surface area contributed by atoms with Gasteiger partial charge in [0, 0.05) is 38.4 Å². The Labute approximate surface area is 212 Å². The third-order valence-electron chi connectivity index (χ3n) is 5.94. The number of hydrogen-bond donors (Lipinski definition) is 1. The number of alkyl halides is 3. The zero-order chi connectivity index (χ0) is 27.0. The van der Waals surface area contributed by atoms with Crippen molar-refractivity contribution >= 4 is 22.6 Å². The molecule has 0 aliphatic rings. The molecule has 1 N–H and O–H groups in total. The van der Waals surface area contributed by atoms with E-state index in [0.29, 0.717) is 53.9 Å². The Morgan fingerprint density at radius 3 is 2.46 bits per heavy atom. The van der Waals surface area contributed by atoms with E-state index in [1.807, 2.05) is 13.1 Å². The number of rotatable bonds is 13. The van der Waals surface area contributed by atoms with Crippen LogP contribution in [0.15, 0.2) is 42.6 Å². The number of carbonyl (C=O) groups excluding carboxylic acids is 2. The summed E-state index contributed by atoms with van der Waals surface area (Å²) >= 11 is 0. The summed E-state index contributed by atoms with van der Waals surface area (Å²) in [5.41, 5.74) is 1.41. The average molecular weight is 522 g/mol. The van der Waals surface area contributed by atoms with Crippen LogP contribution in [0.1, 0.15) is 46.9 Å². The molecule has 1 amide bonds. The molecular formula is C26H30F3N3O5. The number of ether oxygens (including phenoxy) is 3. The number of nitrogens with zero attached hydrogens (tertiary/aromatic N) is 2. The smallest absolute Gasteiger partial charge is 0.495 e. The molecule has 37 heavy (non-hydrogen) atoms. The van der Waals surface area contributed by atoms with Gasteiger partial charge in [0.2, 0.25) is 0 Å². The topological polar surface area (TPSA) is 91.7 Å². The standard InChI is InChI=1S/C26H30F3N3O5/c1-4-17(5-12-23(33)18-6-8-19(9-7-18)37-26(27,28)29)15-32-16-21-22(31-32)11-10-20(24(21)36-3)25(34)30-13-14-35-2/h6-11,16-17H,4-5,12-15H2,1-3H3,(H,30,34). The van der Waals surface area contributed by atoms with Gasteiger partial charge in [-0.3, -0.25) is 14.3 Å². The van der Waals surface area contributed by atoms with Crippen molar-refractivity contribution in [2.45, 2.75) is 39.1 Å². The summed E-state index contributed by atoms with van der Waals surface area (Å²) in [4.78, 5) is 25.1. The Balaban J connectivity index is 1.65. The van der Waals surface area contributed by atoms with Gasteiger partial charge < -0.3 is 19.5 Å². The second kappa shape index (κ2) is 12.6. The molecule has 0 bridgehead atoms. The molecule has 2 aromatic carbocycles. The highest BCUT2D eigenvalue weighted by atomic mass is 19.4. The molecule has 1 unspecified atom stereocenters. The first-order valence-corrected chi connectivity index (χ1v) is 11.9. The highest BCUT2D eigenvalue weighted by Gasteiger charge is 2.31. The molecule has 1 atom stereocenters. The number of methoxy groups -OCH3 is 2. The van der Waals surface area contributed by atoms with Gasteiger partial charge in [0.05, 0.1) is 30.2 Å². The van der Waals surface area contributed by atoms with E-state index in [4.69, 9.17) is 9.47 Å². The Morgan fingerprint density at radius 1 is 1.11 bits per heavy atom. The largest absolute Gasteiger partial charge is 0.573 e. The van der Waals surface area contributed by atoms with Crippen LogP contribution in [-0.4, -0.2) is 55.2 Å². The van der Waals surface area contributed by atoms with Crippen molar-refractivity contribution in [1.82, 2.24) is 15.1 Å². The van der Waals surface area contributed by atoms with Crippen molar-refractivity contribution in [3.8, 4) is 11.5 Å². The second-order valence-electron chi connectivity index (χ2n) is 8.49. The summed E-state index contributed by atoms with van der Waals surface area (Å²) in [5, 5.41) is 8.09. The van der Waals surface area contributed by atoms with Gasteiger partial charge in [-0.1, -0.05) is 13.3 Å². The first-order valence-electron chi connectivity index (χ1n) is 11.9. The van der Waals surface area contributed by atoms with Gasteiger partial charge >= 0.3 is 6.36 Å². The maximum absolute atomic E-state index is 12.6. The summed E-state index contributed by atoms with van der Waals surface area (Å²) < 4.78 is 53.1. The third-order valence-corrected chi connectivity index (χ3v) is 5.94. The van der Waals surface area contributed by atoms with Gasteiger partial charge in [-0.2, -0.15) is 5.10 Å². The van der Waals surface area contributed by atoms with E-state index >= 15 is 0 Å². The van der Waals surface area contributed by atoms with Crippen LogP contribution in [-0.2, 0) is 11.3 Å². The Bertz CT molecular complexity index is 1210. The molecular weight excluding hydrogens is 491 g/mol. The lowest BCUT2D eigenvalue weighted by atomic mass is 9.96. The summed E-state index contributed by atoms with van der Waals surface area (Å²) in [6.45, 7) is 3.34. The van der Waals surface area contributed by atoms with Crippen LogP contribution < -0.4 is 14.8 Å². The quantitative estimate of drug-likeness (QED) is 0.251. The Kier molecular flexibility index (Phi) is 9.51. The van der Waals surface area contributed by atoms with Crippen LogP contribution in [0.3, 0.4) is 0 Å². The summed E-state index contributed by atoms with van der Waals surface area (Å²) in [5.74, 6) is -0.235. The number of hydrogen-bond acceptors (Lipinski definition) is 6. The lowest BCUT2D eigenvalue weighted by Gasteiger charge is -2.14.